The Morgan fingerprint density at radius 1 is 0.927 bits per heavy atom. The lowest BCUT2D eigenvalue weighted by Crippen LogP contribution is -2.50. The molecule has 0 amide bonds. The zero-order valence-electron chi connectivity index (χ0n) is 25.9. The van der Waals surface area contributed by atoms with Gasteiger partial charge in [-0.05, 0) is 103 Å². The van der Waals surface area contributed by atoms with Crippen molar-refractivity contribution in [3.63, 3.8) is 0 Å². The molecule has 0 bridgehead atoms. The Morgan fingerprint density at radius 2 is 1.66 bits per heavy atom. The number of fused-ring (bicyclic) bond motifs is 1. The molecule has 0 aromatic heterocycles. The highest BCUT2D eigenvalue weighted by molar-refractivity contribution is 5.51. The van der Waals surface area contributed by atoms with Crippen LogP contribution in [0.3, 0.4) is 0 Å². The Kier molecular flexibility index (Phi) is 10.3. The summed E-state index contributed by atoms with van der Waals surface area (Å²) in [6.45, 7) is 8.35. The van der Waals surface area contributed by atoms with E-state index in [4.69, 9.17) is 23.7 Å². The minimum Gasteiger partial charge on any atom is -0.468 e. The van der Waals surface area contributed by atoms with Gasteiger partial charge in [0.2, 0.25) is 0 Å². The third-order valence-electron chi connectivity index (χ3n) is 9.90. The zero-order chi connectivity index (χ0) is 28.8. The van der Waals surface area contributed by atoms with Crippen molar-refractivity contribution >= 4 is 5.69 Å². The molecule has 5 rings (SSSR count). The van der Waals surface area contributed by atoms with E-state index in [0.29, 0.717) is 42.3 Å². The van der Waals surface area contributed by atoms with E-state index in [-0.39, 0.29) is 13.1 Å². The molecule has 0 N–H and O–H groups in total. The van der Waals surface area contributed by atoms with Crippen molar-refractivity contribution < 1.29 is 23.7 Å². The number of aryl methyl sites for hydroxylation is 1. The van der Waals surface area contributed by atoms with Gasteiger partial charge in [-0.15, -0.1) is 0 Å². The summed E-state index contributed by atoms with van der Waals surface area (Å²) in [5.74, 6) is 3.20. The maximum atomic E-state index is 5.89. The molecule has 3 aliphatic rings. The van der Waals surface area contributed by atoms with Gasteiger partial charge in [0, 0.05) is 51.9 Å². The first kappa shape index (κ1) is 30.3. The fourth-order valence-corrected chi connectivity index (χ4v) is 7.84. The van der Waals surface area contributed by atoms with Gasteiger partial charge in [0.05, 0.1) is 13.2 Å². The number of hydrogen-bond donors (Lipinski definition) is 0. The smallest absolute Gasteiger partial charge is 0.189 e. The Hall–Kier alpha value is -2.12. The molecule has 41 heavy (non-hydrogen) atoms. The number of piperidine rings is 1. The molecule has 1 saturated carbocycles. The highest BCUT2D eigenvalue weighted by Crippen LogP contribution is 2.54. The van der Waals surface area contributed by atoms with Gasteiger partial charge in [-0.3, -0.25) is 0 Å². The quantitative estimate of drug-likeness (QED) is 0.192. The number of rotatable bonds is 13. The average molecular weight is 566 g/mol. The SMILES string of the molecule is COCCOCOc1ccc2c(c1)CC[C@@H](CC(C)C)[C@H]2c1ccc(N2CCC3(CC2)CC(C(OC)OC)C3)cc1. The molecular weight excluding hydrogens is 514 g/mol. The maximum absolute atomic E-state index is 5.89. The van der Waals surface area contributed by atoms with Crippen LogP contribution < -0.4 is 9.64 Å². The second kappa shape index (κ2) is 13.9. The second-order valence-electron chi connectivity index (χ2n) is 13.0. The van der Waals surface area contributed by atoms with E-state index in [1.54, 1.807) is 21.3 Å². The monoisotopic (exact) mass is 565 g/mol. The Bertz CT molecular complexity index is 1080. The van der Waals surface area contributed by atoms with Crippen molar-refractivity contribution in [1.29, 1.82) is 0 Å². The lowest BCUT2D eigenvalue weighted by molar-refractivity contribution is -0.184. The van der Waals surface area contributed by atoms with Crippen LogP contribution in [0.25, 0.3) is 0 Å². The molecule has 1 saturated heterocycles. The first-order valence-electron chi connectivity index (χ1n) is 15.7. The molecule has 226 valence electrons. The van der Waals surface area contributed by atoms with Gasteiger partial charge in [0.25, 0.3) is 0 Å². The predicted octanol–water partition coefficient (Wildman–Crippen LogP) is 7.04. The van der Waals surface area contributed by atoms with E-state index < -0.39 is 0 Å². The molecule has 1 heterocycles. The number of nitrogens with zero attached hydrogens (tertiary/aromatic N) is 1. The Labute approximate surface area is 247 Å². The molecule has 0 unspecified atom stereocenters. The molecule has 2 fully saturated rings. The molecule has 6 nitrogen and oxygen atoms in total. The predicted molar refractivity (Wildman–Crippen MR) is 164 cm³/mol. The van der Waals surface area contributed by atoms with Crippen LogP contribution in [-0.2, 0) is 25.4 Å². The van der Waals surface area contributed by atoms with Gasteiger partial charge in [-0.2, -0.15) is 0 Å². The third kappa shape index (κ3) is 7.10. The minimum atomic E-state index is -0.0464. The Balaban J connectivity index is 1.24. The van der Waals surface area contributed by atoms with Crippen LogP contribution in [0.4, 0.5) is 5.69 Å². The zero-order valence-corrected chi connectivity index (χ0v) is 25.9. The summed E-state index contributed by atoms with van der Waals surface area (Å²) in [5, 5.41) is 0. The van der Waals surface area contributed by atoms with E-state index in [2.05, 4.69) is 61.2 Å². The topological polar surface area (TPSA) is 49.4 Å². The summed E-state index contributed by atoms with van der Waals surface area (Å²) in [6, 6.07) is 16.2. The molecule has 1 spiro atoms. The second-order valence-corrected chi connectivity index (χ2v) is 13.0. The van der Waals surface area contributed by atoms with Crippen LogP contribution in [0.5, 0.6) is 5.75 Å². The van der Waals surface area contributed by atoms with Gasteiger partial charge >= 0.3 is 0 Å². The van der Waals surface area contributed by atoms with E-state index in [1.807, 2.05) is 0 Å². The standard InChI is InChI=1S/C35H51NO5/c1-25(2)20-28-7-6-27-21-31(41-24-40-19-18-37-3)12-13-32(27)33(28)26-8-10-30(11-9-26)36-16-14-35(15-17-36)22-29(23-35)34(38-4)39-5/h8-13,21,25,28-29,33-34H,6-7,14-20,22-24H2,1-5H3/t28-,33+/m0/s1. The van der Waals surface area contributed by atoms with Crippen molar-refractivity contribution in [1.82, 2.24) is 0 Å². The summed E-state index contributed by atoms with van der Waals surface area (Å²) in [4.78, 5) is 2.59. The van der Waals surface area contributed by atoms with Crippen molar-refractivity contribution in [2.45, 2.75) is 71.0 Å². The lowest BCUT2D eigenvalue weighted by atomic mass is 9.57. The lowest BCUT2D eigenvalue weighted by Gasteiger charge is -2.54. The van der Waals surface area contributed by atoms with Crippen LogP contribution in [0.15, 0.2) is 42.5 Å². The minimum absolute atomic E-state index is 0.0464. The van der Waals surface area contributed by atoms with Crippen LogP contribution >= 0.6 is 0 Å². The summed E-state index contributed by atoms with van der Waals surface area (Å²) < 4.78 is 27.5. The largest absolute Gasteiger partial charge is 0.468 e. The molecule has 0 radical (unpaired) electrons. The van der Waals surface area contributed by atoms with Crippen LogP contribution in [0.1, 0.15) is 75.0 Å². The highest BCUT2D eigenvalue weighted by Gasteiger charge is 2.48. The highest BCUT2D eigenvalue weighted by atomic mass is 16.7. The first-order chi connectivity index (χ1) is 19.9. The number of benzene rings is 2. The van der Waals surface area contributed by atoms with Crippen LogP contribution in [0, 0.1) is 23.2 Å². The number of methoxy groups -OCH3 is 3. The number of ether oxygens (including phenoxy) is 5. The molecule has 2 atom stereocenters. The van der Waals surface area contributed by atoms with E-state index in [9.17, 15) is 0 Å². The normalized spacial score (nSPS) is 22.3. The first-order valence-corrected chi connectivity index (χ1v) is 15.7. The van der Waals surface area contributed by atoms with E-state index >= 15 is 0 Å². The molecule has 2 aliphatic carbocycles. The van der Waals surface area contributed by atoms with Gasteiger partial charge in [0.1, 0.15) is 5.75 Å². The third-order valence-corrected chi connectivity index (χ3v) is 9.90. The number of hydrogen-bond acceptors (Lipinski definition) is 6. The van der Waals surface area contributed by atoms with E-state index in [0.717, 1.165) is 25.3 Å². The fourth-order valence-electron chi connectivity index (χ4n) is 7.84. The molecule has 2 aromatic carbocycles. The van der Waals surface area contributed by atoms with Gasteiger partial charge < -0.3 is 28.6 Å². The summed E-state index contributed by atoms with van der Waals surface area (Å²) in [7, 11) is 5.20. The van der Waals surface area contributed by atoms with Gasteiger partial charge in [0.15, 0.2) is 13.1 Å². The number of anilines is 1. The van der Waals surface area contributed by atoms with Crippen molar-refractivity contribution in [3.8, 4) is 5.75 Å². The molecule has 1 aliphatic heterocycles. The van der Waals surface area contributed by atoms with Gasteiger partial charge in [-0.25, -0.2) is 0 Å². The summed E-state index contributed by atoms with van der Waals surface area (Å²) >= 11 is 0. The van der Waals surface area contributed by atoms with Crippen molar-refractivity contribution in [2.24, 2.45) is 23.2 Å². The fraction of sp³-hybridized carbons (Fsp3) is 0.657. The van der Waals surface area contributed by atoms with Gasteiger partial charge in [-0.1, -0.05) is 32.0 Å². The van der Waals surface area contributed by atoms with Crippen molar-refractivity contribution in [3.05, 3.63) is 59.2 Å². The molecular formula is C35H51NO5. The summed E-state index contributed by atoms with van der Waals surface area (Å²) in [5.41, 5.74) is 6.17. The van der Waals surface area contributed by atoms with Crippen molar-refractivity contribution in [2.75, 3.05) is 59.3 Å². The van der Waals surface area contributed by atoms with E-state index in [1.165, 1.54) is 60.9 Å². The maximum Gasteiger partial charge on any atom is 0.189 e. The Morgan fingerprint density at radius 3 is 2.32 bits per heavy atom. The van der Waals surface area contributed by atoms with Crippen LogP contribution in [-0.4, -0.2) is 60.7 Å². The average Bonchev–Trinajstić information content (AvgIpc) is 2.97. The summed E-state index contributed by atoms with van der Waals surface area (Å²) in [6.07, 6.45) is 8.52. The molecule has 6 heteroatoms. The van der Waals surface area contributed by atoms with Crippen LogP contribution in [0.2, 0.25) is 0 Å². The molecule has 2 aromatic rings.